The fraction of sp³-hybridized carbons (Fsp3) is 0.588. The summed E-state index contributed by atoms with van der Waals surface area (Å²) in [6.07, 6.45) is 4.58. The number of amides is 1. The van der Waals surface area contributed by atoms with Gasteiger partial charge in [0, 0.05) is 6.54 Å². The Morgan fingerprint density at radius 3 is 2.26 bits per heavy atom. The number of sulfonamides is 1. The van der Waals surface area contributed by atoms with Crippen LogP contribution in [0, 0.1) is 6.92 Å². The topological polar surface area (TPSA) is 66.5 Å². The Hall–Kier alpha value is -1.56. The van der Waals surface area contributed by atoms with Crippen molar-refractivity contribution in [1.29, 1.82) is 0 Å². The van der Waals surface area contributed by atoms with E-state index in [0.29, 0.717) is 18.7 Å². The number of nitrogens with zero attached hydrogens (tertiary/aromatic N) is 1. The number of rotatable bonds is 9. The summed E-state index contributed by atoms with van der Waals surface area (Å²) in [5.41, 5.74) is 1.56. The molecule has 1 aromatic carbocycles. The molecule has 0 bridgehead atoms. The Kier molecular flexibility index (Phi) is 7.55. The van der Waals surface area contributed by atoms with Crippen molar-refractivity contribution >= 4 is 21.6 Å². The second-order valence-electron chi connectivity index (χ2n) is 5.82. The van der Waals surface area contributed by atoms with Gasteiger partial charge >= 0.3 is 0 Å². The minimum atomic E-state index is -3.55. The molecule has 0 saturated carbocycles. The van der Waals surface area contributed by atoms with Crippen molar-refractivity contribution in [2.45, 2.75) is 52.5 Å². The van der Waals surface area contributed by atoms with Gasteiger partial charge in [0.15, 0.2) is 0 Å². The molecular formula is C17H28N2O3S. The lowest BCUT2D eigenvalue weighted by atomic mass is 10.1. The van der Waals surface area contributed by atoms with Crippen molar-refractivity contribution in [3.05, 3.63) is 29.8 Å². The third-order valence-electron chi connectivity index (χ3n) is 3.70. The quantitative estimate of drug-likeness (QED) is 0.703. The second-order valence-corrected chi connectivity index (χ2v) is 7.68. The molecule has 0 fully saturated rings. The zero-order chi connectivity index (χ0) is 17.5. The van der Waals surface area contributed by atoms with Gasteiger partial charge in [-0.15, -0.1) is 0 Å². The maximum absolute atomic E-state index is 12.4. The average molecular weight is 340 g/mol. The standard InChI is InChI=1S/C17H28N2O3S/c1-5-7-8-13-18-17(20)16(6-2)19(23(4,21)22)15-11-9-14(3)10-12-15/h9-12,16H,5-8,13H2,1-4H3,(H,18,20)/t16-/m1/s1. The number of aryl methyl sites for hydroxylation is 1. The van der Waals surface area contributed by atoms with Crippen LogP contribution in [0.5, 0.6) is 0 Å². The molecule has 130 valence electrons. The smallest absolute Gasteiger partial charge is 0.243 e. The fourth-order valence-corrected chi connectivity index (χ4v) is 3.67. The predicted molar refractivity (Wildman–Crippen MR) is 95.1 cm³/mol. The molecule has 1 atom stereocenters. The number of carbonyl (C=O) groups is 1. The van der Waals surface area contributed by atoms with Crippen LogP contribution in [0.15, 0.2) is 24.3 Å². The van der Waals surface area contributed by atoms with E-state index < -0.39 is 16.1 Å². The van der Waals surface area contributed by atoms with E-state index >= 15 is 0 Å². The minimum absolute atomic E-state index is 0.241. The highest BCUT2D eigenvalue weighted by molar-refractivity contribution is 7.92. The highest BCUT2D eigenvalue weighted by atomic mass is 32.2. The van der Waals surface area contributed by atoms with Crippen LogP contribution in [-0.4, -0.2) is 33.2 Å². The van der Waals surface area contributed by atoms with Gasteiger partial charge in [-0.1, -0.05) is 44.4 Å². The largest absolute Gasteiger partial charge is 0.354 e. The van der Waals surface area contributed by atoms with Gasteiger partial charge in [0.05, 0.1) is 11.9 Å². The lowest BCUT2D eigenvalue weighted by molar-refractivity contribution is -0.122. The summed E-state index contributed by atoms with van der Waals surface area (Å²) in [7, 11) is -3.55. The second kappa shape index (κ2) is 8.91. The summed E-state index contributed by atoms with van der Waals surface area (Å²) in [6.45, 7) is 6.43. The van der Waals surface area contributed by atoms with Crippen molar-refractivity contribution < 1.29 is 13.2 Å². The van der Waals surface area contributed by atoms with E-state index in [9.17, 15) is 13.2 Å². The van der Waals surface area contributed by atoms with Gasteiger partial charge in [0.25, 0.3) is 0 Å². The Bertz CT molecular complexity index is 597. The number of unbranched alkanes of at least 4 members (excludes halogenated alkanes) is 2. The highest BCUT2D eigenvalue weighted by Gasteiger charge is 2.31. The number of nitrogens with one attached hydrogen (secondary N) is 1. The number of benzene rings is 1. The minimum Gasteiger partial charge on any atom is -0.354 e. The lowest BCUT2D eigenvalue weighted by Gasteiger charge is -2.30. The molecule has 0 unspecified atom stereocenters. The van der Waals surface area contributed by atoms with Crippen LogP contribution in [0.1, 0.15) is 45.1 Å². The predicted octanol–water partition coefficient (Wildman–Crippen LogP) is 2.85. The van der Waals surface area contributed by atoms with Gasteiger partial charge in [-0.2, -0.15) is 0 Å². The molecular weight excluding hydrogens is 312 g/mol. The van der Waals surface area contributed by atoms with Crippen LogP contribution in [0.25, 0.3) is 0 Å². The van der Waals surface area contributed by atoms with Gasteiger partial charge in [-0.05, 0) is 31.9 Å². The van der Waals surface area contributed by atoms with E-state index in [1.54, 1.807) is 12.1 Å². The van der Waals surface area contributed by atoms with Crippen molar-refractivity contribution in [3.63, 3.8) is 0 Å². The van der Waals surface area contributed by atoms with E-state index in [0.717, 1.165) is 31.1 Å². The van der Waals surface area contributed by atoms with Crippen LogP contribution < -0.4 is 9.62 Å². The fourth-order valence-electron chi connectivity index (χ4n) is 2.46. The van der Waals surface area contributed by atoms with Gasteiger partial charge in [-0.3, -0.25) is 9.10 Å². The summed E-state index contributed by atoms with van der Waals surface area (Å²) in [4.78, 5) is 12.4. The Labute approximate surface area is 140 Å². The first kappa shape index (κ1) is 19.5. The van der Waals surface area contributed by atoms with Crippen molar-refractivity contribution in [2.75, 3.05) is 17.1 Å². The van der Waals surface area contributed by atoms with Crippen molar-refractivity contribution in [3.8, 4) is 0 Å². The number of carbonyl (C=O) groups excluding carboxylic acids is 1. The number of hydrogen-bond acceptors (Lipinski definition) is 3. The maximum atomic E-state index is 12.4. The molecule has 0 radical (unpaired) electrons. The van der Waals surface area contributed by atoms with Crippen molar-refractivity contribution in [1.82, 2.24) is 5.32 Å². The zero-order valence-corrected chi connectivity index (χ0v) is 15.3. The molecule has 0 aliphatic rings. The molecule has 1 amide bonds. The molecule has 0 aliphatic heterocycles. The van der Waals surface area contributed by atoms with Crippen molar-refractivity contribution in [2.24, 2.45) is 0 Å². The van der Waals surface area contributed by atoms with Gasteiger partial charge in [0.1, 0.15) is 6.04 Å². The number of hydrogen-bond donors (Lipinski definition) is 1. The zero-order valence-electron chi connectivity index (χ0n) is 14.5. The normalized spacial score (nSPS) is 12.7. The van der Waals surface area contributed by atoms with Gasteiger partial charge < -0.3 is 5.32 Å². The van der Waals surface area contributed by atoms with Gasteiger partial charge in [-0.25, -0.2) is 8.42 Å². The molecule has 6 heteroatoms. The molecule has 0 aromatic heterocycles. The lowest BCUT2D eigenvalue weighted by Crippen LogP contribution is -2.49. The van der Waals surface area contributed by atoms with E-state index in [-0.39, 0.29) is 5.91 Å². The van der Waals surface area contributed by atoms with Crippen LogP contribution >= 0.6 is 0 Å². The molecule has 1 rings (SSSR count). The summed E-state index contributed by atoms with van der Waals surface area (Å²) in [5.74, 6) is -0.241. The summed E-state index contributed by atoms with van der Waals surface area (Å²) in [6, 6.07) is 6.44. The van der Waals surface area contributed by atoms with Crippen LogP contribution in [0.2, 0.25) is 0 Å². The third kappa shape index (κ3) is 5.86. The SMILES string of the molecule is CCCCCNC(=O)[C@@H](CC)N(c1ccc(C)cc1)S(C)(=O)=O. The Morgan fingerprint density at radius 1 is 1.17 bits per heavy atom. The monoisotopic (exact) mass is 340 g/mol. The van der Waals surface area contributed by atoms with Gasteiger partial charge in [0.2, 0.25) is 15.9 Å². The molecule has 23 heavy (non-hydrogen) atoms. The van der Waals surface area contributed by atoms with E-state index in [4.69, 9.17) is 0 Å². The third-order valence-corrected chi connectivity index (χ3v) is 4.88. The van der Waals surface area contributed by atoms with Crippen LogP contribution in [0.4, 0.5) is 5.69 Å². The molecule has 0 spiro atoms. The average Bonchev–Trinajstić information content (AvgIpc) is 2.49. The van der Waals surface area contributed by atoms with Crippen LogP contribution in [-0.2, 0) is 14.8 Å². The first-order valence-electron chi connectivity index (χ1n) is 8.15. The highest BCUT2D eigenvalue weighted by Crippen LogP contribution is 2.22. The Balaban J connectivity index is 2.99. The molecule has 5 nitrogen and oxygen atoms in total. The molecule has 1 aromatic rings. The molecule has 0 saturated heterocycles. The molecule has 0 heterocycles. The first-order chi connectivity index (χ1) is 10.8. The number of anilines is 1. The summed E-state index contributed by atoms with van der Waals surface area (Å²) in [5, 5.41) is 2.86. The van der Waals surface area contributed by atoms with Crippen LogP contribution in [0.3, 0.4) is 0 Å². The summed E-state index contributed by atoms with van der Waals surface area (Å²) >= 11 is 0. The maximum Gasteiger partial charge on any atom is 0.243 e. The first-order valence-corrected chi connectivity index (χ1v) is 9.99. The summed E-state index contributed by atoms with van der Waals surface area (Å²) < 4.78 is 25.7. The molecule has 0 aliphatic carbocycles. The molecule has 1 N–H and O–H groups in total. The van der Waals surface area contributed by atoms with E-state index in [1.807, 2.05) is 26.0 Å². The Morgan fingerprint density at radius 2 is 1.78 bits per heavy atom. The van der Waals surface area contributed by atoms with E-state index in [1.165, 1.54) is 4.31 Å². The van der Waals surface area contributed by atoms with E-state index in [2.05, 4.69) is 12.2 Å².